The molecule has 6 heteroatoms. The molecule has 0 saturated heterocycles. The summed E-state index contributed by atoms with van der Waals surface area (Å²) in [6, 6.07) is 12.4. The molecule has 0 atom stereocenters. The number of primary sulfonamides is 1. The van der Waals surface area contributed by atoms with E-state index >= 15 is 0 Å². The second-order valence-corrected chi connectivity index (χ2v) is 7.46. The Morgan fingerprint density at radius 2 is 1.56 bits per heavy atom. The zero-order valence-electron chi connectivity index (χ0n) is 14.6. The van der Waals surface area contributed by atoms with Gasteiger partial charge in [-0.2, -0.15) is 0 Å². The van der Waals surface area contributed by atoms with E-state index in [2.05, 4.69) is 19.2 Å². The first kappa shape index (κ1) is 19.1. The van der Waals surface area contributed by atoms with Crippen LogP contribution in [0.3, 0.4) is 0 Å². The number of amides is 1. The summed E-state index contributed by atoms with van der Waals surface area (Å²) in [6.45, 7) is 4.13. The summed E-state index contributed by atoms with van der Waals surface area (Å²) in [5.74, 6) is -0.0499. The van der Waals surface area contributed by atoms with Crippen LogP contribution in [0.5, 0.6) is 0 Å². The highest BCUT2D eigenvalue weighted by molar-refractivity contribution is 7.89. The summed E-state index contributed by atoms with van der Waals surface area (Å²) in [5, 5.41) is 8.11. The molecular weight excluding hydrogens is 336 g/mol. The van der Waals surface area contributed by atoms with E-state index in [0.717, 1.165) is 35.2 Å². The first-order valence-corrected chi connectivity index (χ1v) is 9.92. The molecule has 0 aliphatic rings. The van der Waals surface area contributed by atoms with Crippen molar-refractivity contribution in [2.75, 3.05) is 5.32 Å². The number of nitrogens with one attached hydrogen (secondary N) is 1. The maximum Gasteiger partial charge on any atom is 0.238 e. The van der Waals surface area contributed by atoms with Gasteiger partial charge in [-0.15, -0.1) is 0 Å². The molecule has 2 aromatic rings. The van der Waals surface area contributed by atoms with Gasteiger partial charge in [0.1, 0.15) is 0 Å². The van der Waals surface area contributed by atoms with Crippen molar-refractivity contribution in [3.05, 3.63) is 59.2 Å². The molecule has 2 aromatic carbocycles. The van der Waals surface area contributed by atoms with Gasteiger partial charge in [0.25, 0.3) is 0 Å². The molecule has 0 spiro atoms. The monoisotopic (exact) mass is 360 g/mol. The van der Waals surface area contributed by atoms with Gasteiger partial charge in [-0.25, -0.2) is 13.6 Å². The Morgan fingerprint density at radius 3 is 2.04 bits per heavy atom. The average molecular weight is 360 g/mol. The van der Waals surface area contributed by atoms with Crippen molar-refractivity contribution in [1.82, 2.24) is 0 Å². The predicted molar refractivity (Wildman–Crippen MR) is 100.0 cm³/mol. The Kier molecular flexibility index (Phi) is 6.33. The van der Waals surface area contributed by atoms with E-state index in [-0.39, 0.29) is 10.8 Å². The van der Waals surface area contributed by atoms with Crippen molar-refractivity contribution in [1.29, 1.82) is 0 Å². The molecule has 1 amide bonds. The van der Waals surface area contributed by atoms with Crippen molar-refractivity contribution >= 4 is 21.6 Å². The molecule has 0 radical (unpaired) electrons. The van der Waals surface area contributed by atoms with Gasteiger partial charge in [-0.3, -0.25) is 4.79 Å². The highest BCUT2D eigenvalue weighted by atomic mass is 32.2. The fourth-order valence-corrected chi connectivity index (χ4v) is 3.22. The van der Waals surface area contributed by atoms with Crippen LogP contribution >= 0.6 is 0 Å². The molecule has 3 N–H and O–H groups in total. The van der Waals surface area contributed by atoms with Crippen molar-refractivity contribution in [3.8, 4) is 0 Å². The Bertz CT molecular complexity index is 821. The zero-order chi connectivity index (χ0) is 18.4. The predicted octanol–water partition coefficient (Wildman–Crippen LogP) is 3.03. The van der Waals surface area contributed by atoms with Gasteiger partial charge in [-0.05, 0) is 48.1 Å². The van der Waals surface area contributed by atoms with Crippen LogP contribution in [-0.2, 0) is 34.1 Å². The number of sulfonamides is 1. The molecule has 5 nitrogen and oxygen atoms in total. The van der Waals surface area contributed by atoms with E-state index in [0.29, 0.717) is 12.8 Å². The molecule has 2 rings (SSSR count). The Hall–Kier alpha value is -2.18. The standard InChI is InChI=1S/C19H24N2O3S/c1-3-15-6-5-7-16(4-2)19(15)21-18(22)13-10-14-8-11-17(12-9-14)25(20,23)24/h5-9,11-12H,3-4,10,13H2,1-2H3,(H,21,22)(H2,20,23,24). The molecule has 0 aliphatic carbocycles. The van der Waals surface area contributed by atoms with E-state index in [9.17, 15) is 13.2 Å². The second-order valence-electron chi connectivity index (χ2n) is 5.90. The number of carbonyl (C=O) groups excluding carboxylic acids is 1. The van der Waals surface area contributed by atoms with Crippen LogP contribution in [0.25, 0.3) is 0 Å². The Morgan fingerprint density at radius 1 is 1.00 bits per heavy atom. The van der Waals surface area contributed by atoms with Gasteiger partial charge in [0.05, 0.1) is 4.90 Å². The van der Waals surface area contributed by atoms with Gasteiger partial charge < -0.3 is 5.32 Å². The molecule has 0 saturated carbocycles. The van der Waals surface area contributed by atoms with Crippen molar-refractivity contribution < 1.29 is 13.2 Å². The number of aryl methyl sites for hydroxylation is 3. The fourth-order valence-electron chi connectivity index (χ4n) is 2.71. The van der Waals surface area contributed by atoms with Crippen LogP contribution in [0.1, 0.15) is 37.0 Å². The third-order valence-corrected chi connectivity index (χ3v) is 5.09. The number of carbonyl (C=O) groups is 1. The van der Waals surface area contributed by atoms with Gasteiger partial charge in [0.2, 0.25) is 15.9 Å². The molecule has 0 aromatic heterocycles. The lowest BCUT2D eigenvalue weighted by Gasteiger charge is -2.14. The van der Waals surface area contributed by atoms with Crippen LogP contribution < -0.4 is 10.5 Å². The molecule has 0 aliphatic heterocycles. The number of para-hydroxylation sites is 1. The van der Waals surface area contributed by atoms with E-state index in [1.807, 2.05) is 18.2 Å². The fraction of sp³-hybridized carbons (Fsp3) is 0.316. The van der Waals surface area contributed by atoms with Crippen LogP contribution in [0.15, 0.2) is 47.4 Å². The van der Waals surface area contributed by atoms with Gasteiger partial charge in [-0.1, -0.05) is 44.2 Å². The molecule has 25 heavy (non-hydrogen) atoms. The molecule has 0 fully saturated rings. The average Bonchev–Trinajstić information content (AvgIpc) is 2.59. The first-order chi connectivity index (χ1) is 11.8. The van der Waals surface area contributed by atoms with E-state index in [4.69, 9.17) is 5.14 Å². The minimum Gasteiger partial charge on any atom is -0.326 e. The Balaban J connectivity index is 2.02. The Labute approximate surface area is 149 Å². The van der Waals surface area contributed by atoms with Crippen LogP contribution in [-0.4, -0.2) is 14.3 Å². The number of rotatable bonds is 7. The van der Waals surface area contributed by atoms with Gasteiger partial charge in [0.15, 0.2) is 0 Å². The van der Waals surface area contributed by atoms with Gasteiger partial charge in [0, 0.05) is 12.1 Å². The smallest absolute Gasteiger partial charge is 0.238 e. The van der Waals surface area contributed by atoms with E-state index in [1.54, 1.807) is 12.1 Å². The molecule has 0 unspecified atom stereocenters. The number of hydrogen-bond donors (Lipinski definition) is 2. The summed E-state index contributed by atoms with van der Waals surface area (Å²) < 4.78 is 22.5. The van der Waals surface area contributed by atoms with Crippen molar-refractivity contribution in [2.45, 2.75) is 44.4 Å². The summed E-state index contributed by atoms with van der Waals surface area (Å²) in [7, 11) is -3.69. The minimum atomic E-state index is -3.69. The maximum absolute atomic E-state index is 12.3. The molecular formula is C19H24N2O3S. The number of anilines is 1. The topological polar surface area (TPSA) is 89.3 Å². The van der Waals surface area contributed by atoms with Crippen molar-refractivity contribution in [3.63, 3.8) is 0 Å². The van der Waals surface area contributed by atoms with Crippen molar-refractivity contribution in [2.24, 2.45) is 5.14 Å². The first-order valence-electron chi connectivity index (χ1n) is 8.37. The van der Waals surface area contributed by atoms with E-state index in [1.165, 1.54) is 12.1 Å². The second kappa shape index (κ2) is 8.27. The molecule has 0 heterocycles. The lowest BCUT2D eigenvalue weighted by atomic mass is 10.0. The molecule has 0 bridgehead atoms. The highest BCUT2D eigenvalue weighted by Crippen LogP contribution is 2.23. The number of nitrogens with two attached hydrogens (primary N) is 1. The maximum atomic E-state index is 12.3. The third kappa shape index (κ3) is 5.14. The quantitative estimate of drug-likeness (QED) is 0.795. The minimum absolute atomic E-state index is 0.0499. The lowest BCUT2D eigenvalue weighted by molar-refractivity contribution is -0.116. The molecule has 134 valence electrons. The largest absolute Gasteiger partial charge is 0.326 e. The van der Waals surface area contributed by atoms with Crippen LogP contribution in [0.4, 0.5) is 5.69 Å². The normalized spacial score (nSPS) is 11.3. The third-order valence-electron chi connectivity index (χ3n) is 4.16. The highest BCUT2D eigenvalue weighted by Gasteiger charge is 2.11. The SMILES string of the molecule is CCc1cccc(CC)c1NC(=O)CCc1ccc(S(N)(=O)=O)cc1. The zero-order valence-corrected chi connectivity index (χ0v) is 15.4. The number of benzene rings is 2. The lowest BCUT2D eigenvalue weighted by Crippen LogP contribution is -2.15. The van der Waals surface area contributed by atoms with E-state index < -0.39 is 10.0 Å². The van der Waals surface area contributed by atoms with Crippen LogP contribution in [0.2, 0.25) is 0 Å². The summed E-state index contributed by atoms with van der Waals surface area (Å²) in [6.07, 6.45) is 2.58. The van der Waals surface area contributed by atoms with Gasteiger partial charge >= 0.3 is 0 Å². The van der Waals surface area contributed by atoms with Crippen LogP contribution in [0, 0.1) is 0 Å². The summed E-state index contributed by atoms with van der Waals surface area (Å²) in [5.41, 5.74) is 4.07. The summed E-state index contributed by atoms with van der Waals surface area (Å²) >= 11 is 0. The number of hydrogen-bond acceptors (Lipinski definition) is 3. The summed E-state index contributed by atoms with van der Waals surface area (Å²) in [4.78, 5) is 12.4.